The maximum absolute atomic E-state index is 12.7. The van der Waals surface area contributed by atoms with E-state index in [0.29, 0.717) is 34.0 Å². The molecule has 1 fully saturated rings. The summed E-state index contributed by atoms with van der Waals surface area (Å²) in [5.74, 6) is 0.989. The van der Waals surface area contributed by atoms with Crippen molar-refractivity contribution in [3.05, 3.63) is 65.4 Å². The number of methoxy groups -OCH3 is 1. The van der Waals surface area contributed by atoms with Gasteiger partial charge in [-0.05, 0) is 48.7 Å². The molecule has 0 bridgehead atoms. The predicted octanol–water partition coefficient (Wildman–Crippen LogP) is 5.80. The summed E-state index contributed by atoms with van der Waals surface area (Å²) in [6.45, 7) is 0. The molecule has 7 heteroatoms. The van der Waals surface area contributed by atoms with Crippen LogP contribution in [-0.2, 0) is 0 Å². The number of benzene rings is 2. The highest BCUT2D eigenvalue weighted by Gasteiger charge is 2.14. The number of nitrogens with zero attached hydrogens (tertiary/aromatic N) is 2. The second kappa shape index (κ2) is 9.79. The first kappa shape index (κ1) is 21.1. The van der Waals surface area contributed by atoms with E-state index in [1.54, 1.807) is 43.8 Å². The van der Waals surface area contributed by atoms with Gasteiger partial charge in [-0.25, -0.2) is 9.97 Å². The Morgan fingerprint density at radius 2 is 1.81 bits per heavy atom. The molecule has 1 amide bonds. The molecule has 0 atom stereocenters. The quantitative estimate of drug-likeness (QED) is 0.510. The number of anilines is 2. The monoisotopic (exact) mass is 436 g/mol. The van der Waals surface area contributed by atoms with E-state index in [1.807, 2.05) is 18.2 Å². The molecule has 0 aliphatic heterocycles. The van der Waals surface area contributed by atoms with Crippen LogP contribution in [0.15, 0.2) is 54.9 Å². The van der Waals surface area contributed by atoms with Gasteiger partial charge >= 0.3 is 0 Å². The Morgan fingerprint density at radius 1 is 1.03 bits per heavy atom. The molecule has 160 valence electrons. The minimum atomic E-state index is -0.223. The molecule has 0 saturated heterocycles. The number of rotatable bonds is 6. The van der Waals surface area contributed by atoms with Crippen molar-refractivity contribution >= 4 is 29.1 Å². The van der Waals surface area contributed by atoms with Crippen molar-refractivity contribution in [1.29, 1.82) is 0 Å². The minimum Gasteiger partial charge on any atom is -0.495 e. The van der Waals surface area contributed by atoms with E-state index in [0.717, 1.165) is 11.1 Å². The maximum Gasteiger partial charge on any atom is 0.255 e. The van der Waals surface area contributed by atoms with Crippen molar-refractivity contribution in [2.24, 2.45) is 0 Å². The topological polar surface area (TPSA) is 76.1 Å². The molecule has 2 aromatic carbocycles. The lowest BCUT2D eigenvalue weighted by atomic mass is 9.96. The number of halogens is 1. The average molecular weight is 437 g/mol. The van der Waals surface area contributed by atoms with Crippen LogP contribution in [0.25, 0.3) is 11.1 Å². The molecule has 6 nitrogen and oxygen atoms in total. The van der Waals surface area contributed by atoms with Crippen molar-refractivity contribution in [1.82, 2.24) is 9.97 Å². The summed E-state index contributed by atoms with van der Waals surface area (Å²) in [5, 5.41) is 6.72. The van der Waals surface area contributed by atoms with E-state index in [2.05, 4.69) is 20.6 Å². The molecule has 0 radical (unpaired) electrons. The van der Waals surface area contributed by atoms with Crippen LogP contribution < -0.4 is 15.4 Å². The fourth-order valence-corrected chi connectivity index (χ4v) is 4.03. The van der Waals surface area contributed by atoms with Crippen molar-refractivity contribution in [2.45, 2.75) is 38.1 Å². The van der Waals surface area contributed by atoms with E-state index in [9.17, 15) is 4.79 Å². The van der Waals surface area contributed by atoms with Crippen molar-refractivity contribution in [3.63, 3.8) is 0 Å². The number of aromatic nitrogens is 2. The first-order valence-electron chi connectivity index (χ1n) is 10.5. The number of ether oxygens (including phenoxy) is 1. The van der Waals surface area contributed by atoms with Crippen molar-refractivity contribution in [3.8, 4) is 16.9 Å². The van der Waals surface area contributed by atoms with Crippen LogP contribution in [0.4, 0.5) is 11.6 Å². The molecule has 1 saturated carbocycles. The molecule has 1 aliphatic carbocycles. The maximum atomic E-state index is 12.7. The summed E-state index contributed by atoms with van der Waals surface area (Å²) < 4.78 is 5.14. The molecule has 1 aromatic heterocycles. The SMILES string of the molecule is COc1ccc(NC(=O)c2cccc(-c3cnc(NC4CCCCC4)nc3)c2)cc1Cl. The van der Waals surface area contributed by atoms with Crippen LogP contribution in [0.2, 0.25) is 5.02 Å². The van der Waals surface area contributed by atoms with E-state index < -0.39 is 0 Å². The highest BCUT2D eigenvalue weighted by atomic mass is 35.5. The highest BCUT2D eigenvalue weighted by Crippen LogP contribution is 2.28. The van der Waals surface area contributed by atoms with Crippen molar-refractivity contribution < 1.29 is 9.53 Å². The Balaban J connectivity index is 1.45. The van der Waals surface area contributed by atoms with E-state index in [1.165, 1.54) is 32.1 Å². The molecule has 0 unspecified atom stereocenters. The normalized spacial score (nSPS) is 14.1. The molecule has 1 heterocycles. The molecule has 2 N–H and O–H groups in total. The van der Waals surface area contributed by atoms with Gasteiger partial charge in [-0.3, -0.25) is 4.79 Å². The molecule has 1 aliphatic rings. The summed E-state index contributed by atoms with van der Waals surface area (Å²) in [5.41, 5.74) is 2.87. The van der Waals surface area contributed by atoms with Crippen LogP contribution in [0.5, 0.6) is 5.75 Å². The fourth-order valence-electron chi connectivity index (χ4n) is 3.77. The van der Waals surface area contributed by atoms with Gasteiger partial charge in [0.1, 0.15) is 5.75 Å². The van der Waals surface area contributed by atoms with Crippen LogP contribution >= 0.6 is 11.6 Å². The largest absolute Gasteiger partial charge is 0.495 e. The fraction of sp³-hybridized carbons (Fsp3) is 0.292. The Labute approximate surface area is 187 Å². The number of carbonyl (C=O) groups is 1. The molecule has 0 spiro atoms. The lowest BCUT2D eigenvalue weighted by Crippen LogP contribution is -2.23. The van der Waals surface area contributed by atoms with Crippen LogP contribution in [0.3, 0.4) is 0 Å². The van der Waals surface area contributed by atoms with Gasteiger partial charge in [0, 0.05) is 35.2 Å². The van der Waals surface area contributed by atoms with Crippen LogP contribution in [-0.4, -0.2) is 29.0 Å². The molecule has 3 aromatic rings. The number of hydrogen-bond acceptors (Lipinski definition) is 5. The smallest absolute Gasteiger partial charge is 0.255 e. The van der Waals surface area contributed by atoms with Crippen LogP contribution in [0.1, 0.15) is 42.5 Å². The Hall–Kier alpha value is -3.12. The second-order valence-electron chi connectivity index (χ2n) is 7.66. The minimum absolute atomic E-state index is 0.223. The summed E-state index contributed by atoms with van der Waals surface area (Å²) >= 11 is 6.14. The zero-order chi connectivity index (χ0) is 21.6. The molecular formula is C24H25ClN4O2. The number of hydrogen-bond donors (Lipinski definition) is 2. The zero-order valence-corrected chi connectivity index (χ0v) is 18.2. The average Bonchev–Trinajstić information content (AvgIpc) is 2.80. The zero-order valence-electron chi connectivity index (χ0n) is 17.4. The molecule has 31 heavy (non-hydrogen) atoms. The number of nitrogens with one attached hydrogen (secondary N) is 2. The Kier molecular flexibility index (Phi) is 6.67. The first-order chi connectivity index (χ1) is 15.1. The summed E-state index contributed by atoms with van der Waals surface area (Å²) in [7, 11) is 1.55. The summed E-state index contributed by atoms with van der Waals surface area (Å²) in [6.07, 6.45) is 9.74. The van der Waals surface area contributed by atoms with Gasteiger partial charge in [0.15, 0.2) is 0 Å². The first-order valence-corrected chi connectivity index (χ1v) is 10.8. The third kappa shape index (κ3) is 5.33. The third-order valence-corrected chi connectivity index (χ3v) is 5.75. The van der Waals surface area contributed by atoms with Gasteiger partial charge in [-0.1, -0.05) is 43.0 Å². The number of carbonyl (C=O) groups excluding carboxylic acids is 1. The summed E-state index contributed by atoms with van der Waals surface area (Å²) in [6, 6.07) is 13.0. The standard InChI is InChI=1S/C24H25ClN4O2/c1-31-22-11-10-20(13-21(22)25)28-23(30)17-7-5-6-16(12-17)18-14-26-24(27-15-18)29-19-8-3-2-4-9-19/h5-7,10-15,19H,2-4,8-9H2,1H3,(H,28,30)(H,26,27,29). The van der Waals surface area contributed by atoms with E-state index >= 15 is 0 Å². The van der Waals surface area contributed by atoms with Gasteiger partial charge in [0.2, 0.25) is 5.95 Å². The predicted molar refractivity (Wildman–Crippen MR) is 124 cm³/mol. The van der Waals surface area contributed by atoms with Gasteiger partial charge in [-0.2, -0.15) is 0 Å². The molecule has 4 rings (SSSR count). The third-order valence-electron chi connectivity index (χ3n) is 5.46. The van der Waals surface area contributed by atoms with Gasteiger partial charge in [-0.15, -0.1) is 0 Å². The van der Waals surface area contributed by atoms with Gasteiger partial charge < -0.3 is 15.4 Å². The van der Waals surface area contributed by atoms with Crippen molar-refractivity contribution in [2.75, 3.05) is 17.7 Å². The summed E-state index contributed by atoms with van der Waals surface area (Å²) in [4.78, 5) is 21.6. The van der Waals surface area contributed by atoms with E-state index in [4.69, 9.17) is 16.3 Å². The second-order valence-corrected chi connectivity index (χ2v) is 8.07. The van der Waals surface area contributed by atoms with Crippen LogP contribution in [0, 0.1) is 0 Å². The van der Waals surface area contributed by atoms with Gasteiger partial charge in [0.25, 0.3) is 5.91 Å². The number of amides is 1. The molecular weight excluding hydrogens is 412 g/mol. The van der Waals surface area contributed by atoms with Gasteiger partial charge in [0.05, 0.1) is 12.1 Å². The Bertz CT molecular complexity index is 1050. The lowest BCUT2D eigenvalue weighted by molar-refractivity contribution is 0.102. The lowest BCUT2D eigenvalue weighted by Gasteiger charge is -2.22. The Morgan fingerprint density at radius 3 is 2.52 bits per heavy atom. The highest BCUT2D eigenvalue weighted by molar-refractivity contribution is 6.32. The van der Waals surface area contributed by atoms with E-state index in [-0.39, 0.29) is 5.91 Å².